The van der Waals surface area contributed by atoms with Gasteiger partial charge < -0.3 is 9.90 Å². The van der Waals surface area contributed by atoms with Crippen LogP contribution < -0.4 is 10.8 Å². The first-order chi connectivity index (χ1) is 7.68. The third-order valence-corrected chi connectivity index (χ3v) is 1.92. The van der Waals surface area contributed by atoms with Gasteiger partial charge in [0.1, 0.15) is 0 Å². The average molecular weight is 219 g/mol. The molecular formula is C9H7N4O3-. The number of tetrazole rings is 1. The summed E-state index contributed by atoms with van der Waals surface area (Å²) in [4.78, 5) is 21.9. The highest BCUT2D eigenvalue weighted by Crippen LogP contribution is 2.00. The van der Waals surface area contributed by atoms with E-state index in [1.54, 1.807) is 30.3 Å². The van der Waals surface area contributed by atoms with E-state index in [4.69, 9.17) is 0 Å². The molecule has 0 aliphatic carbocycles. The van der Waals surface area contributed by atoms with Crippen LogP contribution in [-0.2, 0) is 11.3 Å². The van der Waals surface area contributed by atoms with Crippen molar-refractivity contribution < 1.29 is 9.90 Å². The smallest absolute Gasteiger partial charge is 0.368 e. The van der Waals surface area contributed by atoms with E-state index in [-0.39, 0.29) is 0 Å². The summed E-state index contributed by atoms with van der Waals surface area (Å²) < 4.78 is 1.74. The van der Waals surface area contributed by atoms with E-state index < -0.39 is 18.2 Å². The Bertz CT molecular complexity index is 558. The fraction of sp³-hybridized carbons (Fsp3) is 0.111. The third kappa shape index (κ3) is 1.83. The van der Waals surface area contributed by atoms with E-state index in [0.717, 1.165) is 9.36 Å². The molecule has 0 N–H and O–H groups in total. The SMILES string of the molecule is O=C([O-])Cn1nnn(-c2ccccc2)c1=O. The van der Waals surface area contributed by atoms with E-state index in [9.17, 15) is 14.7 Å². The quantitative estimate of drug-likeness (QED) is 0.606. The number of carbonyl (C=O) groups excluding carboxylic acids is 1. The van der Waals surface area contributed by atoms with E-state index >= 15 is 0 Å². The van der Waals surface area contributed by atoms with Gasteiger partial charge in [0.25, 0.3) is 0 Å². The largest absolute Gasteiger partial charge is 0.548 e. The summed E-state index contributed by atoms with van der Waals surface area (Å²) in [5.41, 5.74) is -0.0903. The lowest BCUT2D eigenvalue weighted by Crippen LogP contribution is -2.34. The van der Waals surface area contributed by atoms with Crippen molar-refractivity contribution in [1.29, 1.82) is 0 Å². The molecular weight excluding hydrogens is 212 g/mol. The van der Waals surface area contributed by atoms with Crippen LogP contribution in [0.3, 0.4) is 0 Å². The predicted octanol–water partition coefficient (Wildman–Crippen LogP) is -1.82. The Kier molecular flexibility index (Phi) is 2.50. The maximum atomic E-state index is 11.6. The van der Waals surface area contributed by atoms with Gasteiger partial charge in [-0.25, -0.2) is 4.79 Å². The number of aliphatic carboxylic acids is 1. The Hall–Kier alpha value is -2.44. The van der Waals surface area contributed by atoms with Crippen LogP contribution in [0.4, 0.5) is 0 Å². The average Bonchev–Trinajstić information content (AvgIpc) is 2.61. The molecule has 0 fully saturated rings. The molecule has 0 unspecified atom stereocenters. The van der Waals surface area contributed by atoms with Gasteiger partial charge >= 0.3 is 5.69 Å². The summed E-state index contributed by atoms with van der Waals surface area (Å²) in [6.45, 7) is -0.605. The molecule has 0 saturated heterocycles. The predicted molar refractivity (Wildman–Crippen MR) is 50.6 cm³/mol. The Morgan fingerprint density at radius 1 is 1.25 bits per heavy atom. The van der Waals surface area contributed by atoms with E-state index in [0.29, 0.717) is 5.69 Å². The summed E-state index contributed by atoms with van der Waals surface area (Å²) >= 11 is 0. The molecule has 0 radical (unpaired) electrons. The monoisotopic (exact) mass is 219 g/mol. The molecule has 0 bridgehead atoms. The van der Waals surface area contributed by atoms with Crippen LogP contribution in [0.15, 0.2) is 35.1 Å². The van der Waals surface area contributed by atoms with Crippen molar-refractivity contribution in [2.45, 2.75) is 6.54 Å². The van der Waals surface area contributed by atoms with Crippen LogP contribution >= 0.6 is 0 Å². The molecule has 0 atom stereocenters. The zero-order valence-corrected chi connectivity index (χ0v) is 8.11. The molecule has 0 spiro atoms. The summed E-state index contributed by atoms with van der Waals surface area (Å²) in [6, 6.07) is 8.60. The van der Waals surface area contributed by atoms with Gasteiger partial charge in [-0.2, -0.15) is 9.36 Å². The first kappa shape index (κ1) is 10.1. The number of benzene rings is 1. The molecule has 1 aromatic heterocycles. The number of rotatable bonds is 3. The second kappa shape index (κ2) is 3.97. The minimum absolute atomic E-state index is 0.525. The molecule has 0 aliphatic rings. The molecule has 7 nitrogen and oxygen atoms in total. The van der Waals surface area contributed by atoms with Gasteiger partial charge in [0, 0.05) is 0 Å². The number of carboxylic acid groups (broad SMARTS) is 1. The van der Waals surface area contributed by atoms with Gasteiger partial charge in [0.2, 0.25) is 0 Å². The highest BCUT2D eigenvalue weighted by atomic mass is 16.4. The van der Waals surface area contributed by atoms with Crippen LogP contribution in [0.25, 0.3) is 5.69 Å². The molecule has 0 amide bonds. The Labute approximate surface area is 89.5 Å². The molecule has 16 heavy (non-hydrogen) atoms. The third-order valence-electron chi connectivity index (χ3n) is 1.92. The van der Waals surface area contributed by atoms with Gasteiger partial charge in [0.15, 0.2) is 0 Å². The summed E-state index contributed by atoms with van der Waals surface area (Å²) in [5, 5.41) is 17.3. The van der Waals surface area contributed by atoms with Crippen LogP contribution in [0.2, 0.25) is 0 Å². The first-order valence-electron chi connectivity index (χ1n) is 4.46. The number of aromatic nitrogens is 4. The van der Waals surface area contributed by atoms with Gasteiger partial charge in [-0.15, -0.1) is 0 Å². The van der Waals surface area contributed by atoms with Crippen molar-refractivity contribution in [3.05, 3.63) is 40.8 Å². The van der Waals surface area contributed by atoms with Crippen molar-refractivity contribution in [1.82, 2.24) is 19.8 Å². The highest BCUT2D eigenvalue weighted by Gasteiger charge is 2.07. The van der Waals surface area contributed by atoms with Gasteiger partial charge in [-0.3, -0.25) is 0 Å². The maximum absolute atomic E-state index is 11.6. The van der Waals surface area contributed by atoms with E-state index in [1.165, 1.54) is 0 Å². The van der Waals surface area contributed by atoms with Crippen molar-refractivity contribution in [2.24, 2.45) is 0 Å². The standard InChI is InChI=1S/C9H8N4O3/c14-8(15)6-12-9(16)13(11-10-12)7-4-2-1-3-5-7/h1-5H,6H2,(H,14,15)/p-1. The molecule has 82 valence electrons. The topological polar surface area (TPSA) is 92.8 Å². The van der Waals surface area contributed by atoms with Crippen molar-refractivity contribution >= 4 is 5.97 Å². The molecule has 2 aromatic rings. The summed E-state index contributed by atoms with van der Waals surface area (Å²) in [6.07, 6.45) is 0. The lowest BCUT2D eigenvalue weighted by atomic mass is 10.3. The van der Waals surface area contributed by atoms with Crippen molar-refractivity contribution in [3.63, 3.8) is 0 Å². The lowest BCUT2D eigenvalue weighted by Gasteiger charge is -1.98. The molecule has 1 heterocycles. The Balaban J connectivity index is 2.42. The van der Waals surface area contributed by atoms with Crippen LogP contribution in [-0.4, -0.2) is 25.8 Å². The number of hydrogen-bond acceptors (Lipinski definition) is 5. The molecule has 2 rings (SSSR count). The van der Waals surface area contributed by atoms with Gasteiger partial charge in [0.05, 0.1) is 18.2 Å². The van der Waals surface area contributed by atoms with E-state index in [2.05, 4.69) is 10.4 Å². The summed E-state index contributed by atoms with van der Waals surface area (Å²) in [7, 11) is 0. The molecule has 7 heteroatoms. The normalized spacial score (nSPS) is 10.2. The fourth-order valence-corrected chi connectivity index (χ4v) is 1.23. The Morgan fingerprint density at radius 3 is 2.56 bits per heavy atom. The first-order valence-corrected chi connectivity index (χ1v) is 4.46. The molecule has 0 saturated carbocycles. The van der Waals surface area contributed by atoms with E-state index in [1.807, 2.05) is 0 Å². The molecule has 0 aliphatic heterocycles. The van der Waals surface area contributed by atoms with Gasteiger partial charge in [-0.05, 0) is 22.6 Å². The number of para-hydroxylation sites is 1. The summed E-state index contributed by atoms with van der Waals surface area (Å²) in [5.74, 6) is -1.39. The van der Waals surface area contributed by atoms with Gasteiger partial charge in [-0.1, -0.05) is 18.2 Å². The maximum Gasteiger partial charge on any atom is 0.368 e. The molecule has 1 aromatic carbocycles. The van der Waals surface area contributed by atoms with Crippen LogP contribution in [0.1, 0.15) is 0 Å². The minimum Gasteiger partial charge on any atom is -0.548 e. The lowest BCUT2D eigenvalue weighted by molar-refractivity contribution is -0.306. The number of nitrogens with zero attached hydrogens (tertiary/aromatic N) is 4. The second-order valence-corrected chi connectivity index (χ2v) is 3.04. The fourth-order valence-electron chi connectivity index (χ4n) is 1.23. The van der Waals surface area contributed by atoms with Crippen molar-refractivity contribution in [2.75, 3.05) is 0 Å². The van der Waals surface area contributed by atoms with Crippen LogP contribution in [0.5, 0.6) is 0 Å². The Morgan fingerprint density at radius 2 is 1.94 bits per heavy atom. The zero-order valence-electron chi connectivity index (χ0n) is 8.11. The second-order valence-electron chi connectivity index (χ2n) is 3.04. The van der Waals surface area contributed by atoms with Crippen molar-refractivity contribution in [3.8, 4) is 5.69 Å². The van der Waals surface area contributed by atoms with Crippen LogP contribution in [0, 0.1) is 0 Å². The zero-order chi connectivity index (χ0) is 11.5. The minimum atomic E-state index is -1.39. The number of carboxylic acids is 1. The highest BCUT2D eigenvalue weighted by molar-refractivity contribution is 5.63. The number of hydrogen-bond donors (Lipinski definition) is 0. The number of carbonyl (C=O) groups is 1.